The molecule has 0 spiro atoms. The van der Waals surface area contributed by atoms with Gasteiger partial charge >= 0.3 is 6.18 Å². The smallest absolute Gasteiger partial charge is 0.337 e. The van der Waals surface area contributed by atoms with E-state index in [1.54, 1.807) is 23.1 Å². The maximum Gasteiger partial charge on any atom is 0.416 e. The molecule has 0 bridgehead atoms. The van der Waals surface area contributed by atoms with Crippen LogP contribution in [0.1, 0.15) is 41.0 Å². The summed E-state index contributed by atoms with van der Waals surface area (Å²) in [4.78, 5) is 18.6. The quantitative estimate of drug-likeness (QED) is 0.693. The van der Waals surface area contributed by atoms with Gasteiger partial charge in [-0.1, -0.05) is 30.3 Å². The van der Waals surface area contributed by atoms with Crippen LogP contribution >= 0.6 is 0 Å². The monoisotopic (exact) mass is 390 g/mol. The molecule has 4 rings (SSSR count). The Morgan fingerprint density at radius 1 is 1.04 bits per heavy atom. The zero-order valence-corrected chi connectivity index (χ0v) is 15.0. The fourth-order valence-corrected chi connectivity index (χ4v) is 4.02. The van der Waals surface area contributed by atoms with Crippen LogP contribution in [-0.4, -0.2) is 29.6 Å². The minimum atomic E-state index is -4.39. The zero-order chi connectivity index (χ0) is 19.9. The number of rotatable bonds is 2. The van der Waals surface area contributed by atoms with Crippen molar-refractivity contribution in [1.82, 2.24) is 4.90 Å². The molecule has 7 heteroatoms. The summed E-state index contributed by atoms with van der Waals surface area (Å²) < 4.78 is 53.7. The van der Waals surface area contributed by atoms with Crippen LogP contribution in [0.25, 0.3) is 0 Å². The van der Waals surface area contributed by atoms with Crippen molar-refractivity contribution < 1.29 is 22.4 Å². The van der Waals surface area contributed by atoms with Gasteiger partial charge in [-0.3, -0.25) is 9.79 Å². The molecular formula is C21H18F4N2O. The molecule has 2 aromatic carbocycles. The van der Waals surface area contributed by atoms with Gasteiger partial charge in [0.25, 0.3) is 5.91 Å². The number of alkyl halides is 3. The molecule has 2 aliphatic heterocycles. The summed E-state index contributed by atoms with van der Waals surface area (Å²) in [6, 6.07) is 10.2. The third-order valence-electron chi connectivity index (χ3n) is 5.46. The van der Waals surface area contributed by atoms with E-state index in [0.717, 1.165) is 6.07 Å². The van der Waals surface area contributed by atoms with Gasteiger partial charge in [-0.15, -0.1) is 0 Å². The highest BCUT2D eigenvalue weighted by atomic mass is 19.4. The number of carbonyl (C=O) groups excluding carboxylic acids is 1. The molecule has 0 unspecified atom stereocenters. The predicted molar refractivity (Wildman–Crippen MR) is 96.6 cm³/mol. The summed E-state index contributed by atoms with van der Waals surface area (Å²) in [6.07, 6.45) is -3.50. The van der Waals surface area contributed by atoms with E-state index in [0.29, 0.717) is 37.1 Å². The Hall–Kier alpha value is -2.70. The average Bonchev–Trinajstić information content (AvgIpc) is 3.12. The fourth-order valence-electron chi connectivity index (χ4n) is 4.02. The van der Waals surface area contributed by atoms with E-state index in [4.69, 9.17) is 0 Å². The number of likely N-dealkylation sites (tertiary alicyclic amines) is 1. The van der Waals surface area contributed by atoms with E-state index in [1.165, 1.54) is 18.2 Å². The number of fused-ring (bicyclic) bond motifs is 1. The first-order chi connectivity index (χ1) is 13.4. The molecule has 2 aromatic rings. The number of hydrogen-bond donors (Lipinski definition) is 0. The van der Waals surface area contributed by atoms with Crippen molar-refractivity contribution in [2.75, 3.05) is 13.1 Å². The van der Waals surface area contributed by atoms with E-state index < -0.39 is 11.7 Å². The van der Waals surface area contributed by atoms with E-state index >= 15 is 0 Å². The van der Waals surface area contributed by atoms with Crippen molar-refractivity contribution in [2.24, 2.45) is 4.99 Å². The first-order valence-electron chi connectivity index (χ1n) is 9.14. The van der Waals surface area contributed by atoms with Crippen LogP contribution in [0.2, 0.25) is 0 Å². The van der Waals surface area contributed by atoms with Gasteiger partial charge in [-0.05, 0) is 36.5 Å². The highest BCUT2D eigenvalue weighted by Crippen LogP contribution is 2.38. The predicted octanol–water partition coefficient (Wildman–Crippen LogP) is 4.55. The van der Waals surface area contributed by atoms with E-state index in [1.807, 2.05) is 0 Å². The lowest BCUT2D eigenvalue weighted by molar-refractivity contribution is -0.138. The normalized spacial score (nSPS) is 17.4. The summed E-state index contributed by atoms with van der Waals surface area (Å²) in [7, 11) is 0. The molecule has 0 aliphatic carbocycles. The largest absolute Gasteiger partial charge is 0.416 e. The lowest BCUT2D eigenvalue weighted by atomic mass is 9.86. The summed E-state index contributed by atoms with van der Waals surface area (Å²) in [5.74, 6) is -0.921. The van der Waals surface area contributed by atoms with Gasteiger partial charge in [-0.25, -0.2) is 4.39 Å². The van der Waals surface area contributed by atoms with Crippen molar-refractivity contribution in [3.05, 3.63) is 70.5 Å². The molecule has 1 amide bonds. The number of benzene rings is 2. The number of halogens is 4. The Labute approximate surface area is 159 Å². The minimum absolute atomic E-state index is 0.137. The molecule has 0 atom stereocenters. The number of hydrogen-bond acceptors (Lipinski definition) is 2. The molecule has 2 heterocycles. The van der Waals surface area contributed by atoms with Gasteiger partial charge in [0.15, 0.2) is 0 Å². The molecule has 146 valence electrons. The summed E-state index contributed by atoms with van der Waals surface area (Å²) in [6.45, 7) is 0.831. The van der Waals surface area contributed by atoms with Crippen LogP contribution in [0.3, 0.4) is 0 Å². The van der Waals surface area contributed by atoms with Gasteiger partial charge in [0.05, 0.1) is 12.1 Å². The standard InChI is InChI=1S/C21H18F4N2O/c22-18-7-3-5-15-16(18)12-26-19(15)20(28)27-10-8-13(9-11-27)14-4-1-2-6-17(14)21(23,24)25/h1-7,13H,8-12H2. The Balaban J connectivity index is 1.48. The SMILES string of the molecule is O=C(C1=NCc2c(F)cccc21)N1CCC(c2ccccc2C(F)(F)F)CC1. The molecule has 2 aliphatic rings. The van der Waals surface area contributed by atoms with Crippen molar-refractivity contribution in [1.29, 1.82) is 0 Å². The average molecular weight is 390 g/mol. The maximum atomic E-state index is 13.9. The van der Waals surface area contributed by atoms with Crippen molar-refractivity contribution >= 4 is 11.6 Å². The molecule has 1 saturated heterocycles. The summed E-state index contributed by atoms with van der Waals surface area (Å²) >= 11 is 0. The maximum absolute atomic E-state index is 13.9. The van der Waals surface area contributed by atoms with E-state index in [2.05, 4.69) is 4.99 Å². The highest BCUT2D eigenvalue weighted by Gasteiger charge is 2.37. The first kappa shape index (κ1) is 18.7. The second-order valence-corrected chi connectivity index (χ2v) is 7.08. The minimum Gasteiger partial charge on any atom is -0.337 e. The van der Waals surface area contributed by atoms with Crippen LogP contribution in [0.15, 0.2) is 47.5 Å². The third kappa shape index (κ3) is 3.30. The molecule has 0 radical (unpaired) electrons. The third-order valence-corrected chi connectivity index (χ3v) is 5.46. The van der Waals surface area contributed by atoms with Crippen molar-refractivity contribution in [3.63, 3.8) is 0 Å². The molecule has 0 N–H and O–H groups in total. The van der Waals surface area contributed by atoms with Crippen LogP contribution in [0.5, 0.6) is 0 Å². The highest BCUT2D eigenvalue weighted by molar-refractivity contribution is 6.46. The first-order valence-corrected chi connectivity index (χ1v) is 9.14. The van der Waals surface area contributed by atoms with Gasteiger partial charge < -0.3 is 4.90 Å². The van der Waals surface area contributed by atoms with Crippen molar-refractivity contribution in [3.8, 4) is 0 Å². The fraction of sp³-hybridized carbons (Fsp3) is 0.333. The molecule has 3 nitrogen and oxygen atoms in total. The van der Waals surface area contributed by atoms with Crippen molar-refractivity contribution in [2.45, 2.75) is 31.5 Å². The molecule has 28 heavy (non-hydrogen) atoms. The Bertz CT molecular complexity index is 944. The van der Waals surface area contributed by atoms with Crippen LogP contribution < -0.4 is 0 Å². The van der Waals surface area contributed by atoms with Crippen LogP contribution in [0, 0.1) is 5.82 Å². The number of piperidine rings is 1. The van der Waals surface area contributed by atoms with Gasteiger partial charge in [0.2, 0.25) is 0 Å². The van der Waals surface area contributed by atoms with Gasteiger partial charge in [0, 0.05) is 24.2 Å². The van der Waals surface area contributed by atoms with E-state index in [-0.39, 0.29) is 35.5 Å². The topological polar surface area (TPSA) is 32.7 Å². The molecule has 1 fully saturated rings. The Morgan fingerprint density at radius 2 is 1.75 bits per heavy atom. The molecular weight excluding hydrogens is 372 g/mol. The van der Waals surface area contributed by atoms with Gasteiger partial charge in [-0.2, -0.15) is 13.2 Å². The zero-order valence-electron chi connectivity index (χ0n) is 15.0. The second kappa shape index (κ2) is 7.04. The second-order valence-electron chi connectivity index (χ2n) is 7.08. The van der Waals surface area contributed by atoms with Gasteiger partial charge in [0.1, 0.15) is 11.5 Å². The number of amides is 1. The summed E-state index contributed by atoms with van der Waals surface area (Å²) in [5, 5.41) is 0. The van der Waals surface area contributed by atoms with Crippen LogP contribution in [-0.2, 0) is 17.5 Å². The number of aliphatic imine (C=N–C) groups is 1. The Kier molecular flexibility index (Phi) is 4.69. The van der Waals surface area contributed by atoms with Crippen LogP contribution in [0.4, 0.5) is 17.6 Å². The van der Waals surface area contributed by atoms with E-state index in [9.17, 15) is 22.4 Å². The number of carbonyl (C=O) groups is 1. The number of nitrogens with zero attached hydrogens (tertiary/aromatic N) is 2. The lowest BCUT2D eigenvalue weighted by Gasteiger charge is -2.33. The molecule has 0 saturated carbocycles. The summed E-state index contributed by atoms with van der Waals surface area (Å²) in [5.41, 5.74) is 0.843. The molecule has 0 aromatic heterocycles. The lowest BCUT2D eigenvalue weighted by Crippen LogP contribution is -2.42. The Morgan fingerprint density at radius 3 is 2.46 bits per heavy atom.